The molecule has 0 aliphatic rings. The first kappa shape index (κ1) is 12.1. The van der Waals surface area contributed by atoms with Crippen molar-refractivity contribution in [3.05, 3.63) is 18.5 Å². The van der Waals surface area contributed by atoms with Gasteiger partial charge in [0.05, 0.1) is 7.11 Å². The number of thioether (sulfide) groups is 1. The van der Waals surface area contributed by atoms with Gasteiger partial charge in [0.25, 0.3) is 0 Å². The van der Waals surface area contributed by atoms with Gasteiger partial charge in [-0.3, -0.25) is 9.48 Å². The second-order valence-corrected chi connectivity index (χ2v) is 4.12. The lowest BCUT2D eigenvalue weighted by molar-refractivity contribution is -0.141. The highest BCUT2D eigenvalue weighted by atomic mass is 32.2. The molecular weight excluding hydrogens is 214 g/mol. The van der Waals surface area contributed by atoms with Gasteiger partial charge in [0.1, 0.15) is 6.04 Å². The van der Waals surface area contributed by atoms with Crippen molar-refractivity contribution in [3.63, 3.8) is 0 Å². The highest BCUT2D eigenvalue weighted by Crippen LogP contribution is 2.03. The Balaban J connectivity index is 2.09. The molecule has 0 fully saturated rings. The van der Waals surface area contributed by atoms with Crippen molar-refractivity contribution in [2.24, 2.45) is 5.73 Å². The lowest BCUT2D eigenvalue weighted by atomic mass is 10.4. The topological polar surface area (TPSA) is 70.1 Å². The number of aryl methyl sites for hydroxylation is 1. The second-order valence-electron chi connectivity index (χ2n) is 2.97. The molecule has 1 rings (SSSR count). The first-order chi connectivity index (χ1) is 7.24. The number of hydrogen-bond donors (Lipinski definition) is 1. The quantitative estimate of drug-likeness (QED) is 0.554. The van der Waals surface area contributed by atoms with Crippen molar-refractivity contribution in [2.75, 3.05) is 18.6 Å². The molecule has 0 radical (unpaired) electrons. The molecule has 1 aromatic heterocycles. The molecule has 6 heteroatoms. The molecule has 0 bridgehead atoms. The summed E-state index contributed by atoms with van der Waals surface area (Å²) in [5, 5.41) is 4.06. The maximum absolute atomic E-state index is 11.0. The van der Waals surface area contributed by atoms with Gasteiger partial charge in [-0.05, 0) is 6.07 Å². The number of esters is 1. The fourth-order valence-electron chi connectivity index (χ4n) is 1.02. The van der Waals surface area contributed by atoms with Gasteiger partial charge in [0.2, 0.25) is 0 Å². The van der Waals surface area contributed by atoms with E-state index in [9.17, 15) is 4.79 Å². The molecule has 84 valence electrons. The smallest absolute Gasteiger partial charge is 0.323 e. The van der Waals surface area contributed by atoms with Gasteiger partial charge in [-0.15, -0.1) is 0 Å². The highest BCUT2D eigenvalue weighted by molar-refractivity contribution is 7.99. The number of methoxy groups -OCH3 is 1. The predicted molar refractivity (Wildman–Crippen MR) is 59.5 cm³/mol. The summed E-state index contributed by atoms with van der Waals surface area (Å²) in [5.41, 5.74) is 5.57. The summed E-state index contributed by atoms with van der Waals surface area (Å²) < 4.78 is 6.36. The van der Waals surface area contributed by atoms with Crippen molar-refractivity contribution >= 4 is 17.7 Å². The minimum atomic E-state index is -0.530. The molecule has 0 spiro atoms. The molecule has 15 heavy (non-hydrogen) atoms. The zero-order chi connectivity index (χ0) is 11.1. The van der Waals surface area contributed by atoms with Crippen molar-refractivity contribution in [1.29, 1.82) is 0 Å². The van der Waals surface area contributed by atoms with E-state index in [-0.39, 0.29) is 5.97 Å². The summed E-state index contributed by atoms with van der Waals surface area (Å²) in [7, 11) is 1.34. The van der Waals surface area contributed by atoms with Gasteiger partial charge < -0.3 is 10.5 Å². The summed E-state index contributed by atoms with van der Waals surface area (Å²) in [6.07, 6.45) is 3.64. The number of nitrogens with two attached hydrogens (primary N) is 1. The first-order valence-electron chi connectivity index (χ1n) is 4.62. The largest absolute Gasteiger partial charge is 0.468 e. The van der Waals surface area contributed by atoms with E-state index in [0.717, 1.165) is 12.3 Å². The zero-order valence-corrected chi connectivity index (χ0v) is 9.44. The average Bonchev–Trinajstić information content (AvgIpc) is 2.75. The van der Waals surface area contributed by atoms with E-state index in [1.165, 1.54) is 7.11 Å². The van der Waals surface area contributed by atoms with Crippen LogP contribution >= 0.6 is 11.8 Å². The van der Waals surface area contributed by atoms with Gasteiger partial charge in [-0.1, -0.05) is 0 Å². The van der Waals surface area contributed by atoms with Crippen LogP contribution in [0.2, 0.25) is 0 Å². The van der Waals surface area contributed by atoms with Crippen molar-refractivity contribution in [1.82, 2.24) is 9.78 Å². The summed E-state index contributed by atoms with van der Waals surface area (Å²) in [5.74, 6) is 1.10. The molecule has 0 amide bonds. The lowest BCUT2D eigenvalue weighted by Gasteiger charge is -2.08. The molecule has 1 aromatic rings. The number of nitrogens with zero attached hydrogens (tertiary/aromatic N) is 2. The Bertz CT molecular complexity index is 290. The van der Waals surface area contributed by atoms with Crippen LogP contribution in [-0.2, 0) is 16.1 Å². The molecule has 5 nitrogen and oxygen atoms in total. The highest BCUT2D eigenvalue weighted by Gasteiger charge is 2.12. The van der Waals surface area contributed by atoms with Gasteiger partial charge in [0.15, 0.2) is 0 Å². The molecule has 2 N–H and O–H groups in total. The number of carbonyl (C=O) groups excluding carboxylic acids is 1. The van der Waals surface area contributed by atoms with Crippen LogP contribution in [0.15, 0.2) is 18.5 Å². The first-order valence-corrected chi connectivity index (χ1v) is 5.78. The molecular formula is C9H15N3O2S. The van der Waals surface area contributed by atoms with Crippen molar-refractivity contribution in [2.45, 2.75) is 12.6 Å². The molecule has 0 aromatic carbocycles. The van der Waals surface area contributed by atoms with Gasteiger partial charge >= 0.3 is 5.97 Å². The summed E-state index contributed by atoms with van der Waals surface area (Å²) in [6, 6.07) is 1.35. The number of carbonyl (C=O) groups is 1. The molecule has 0 saturated carbocycles. The Morgan fingerprint density at radius 3 is 3.13 bits per heavy atom. The van der Waals surface area contributed by atoms with Gasteiger partial charge in [-0.25, -0.2) is 0 Å². The van der Waals surface area contributed by atoms with Crippen LogP contribution in [0, 0.1) is 0 Å². The van der Waals surface area contributed by atoms with Crippen molar-refractivity contribution < 1.29 is 9.53 Å². The Morgan fingerprint density at radius 1 is 1.73 bits per heavy atom. The molecule has 1 atom stereocenters. The summed E-state index contributed by atoms with van der Waals surface area (Å²) >= 11 is 1.62. The van der Waals surface area contributed by atoms with Crippen LogP contribution in [0.5, 0.6) is 0 Å². The number of rotatable bonds is 6. The van der Waals surface area contributed by atoms with Gasteiger partial charge in [-0.2, -0.15) is 16.9 Å². The minimum absolute atomic E-state index is 0.360. The van der Waals surface area contributed by atoms with Gasteiger partial charge in [0, 0.05) is 30.4 Å². The van der Waals surface area contributed by atoms with E-state index in [1.807, 2.05) is 16.9 Å². The van der Waals surface area contributed by atoms with E-state index in [4.69, 9.17) is 5.73 Å². The fraction of sp³-hybridized carbons (Fsp3) is 0.556. The summed E-state index contributed by atoms with van der Waals surface area (Å²) in [6.45, 7) is 0.825. The van der Waals surface area contributed by atoms with E-state index in [0.29, 0.717) is 5.75 Å². The summed E-state index contributed by atoms with van der Waals surface area (Å²) in [4.78, 5) is 11.0. The Morgan fingerprint density at radius 2 is 2.53 bits per heavy atom. The lowest BCUT2D eigenvalue weighted by Crippen LogP contribution is -2.34. The predicted octanol–water partition coefficient (Wildman–Crippen LogP) is 0.117. The van der Waals surface area contributed by atoms with Crippen molar-refractivity contribution in [3.8, 4) is 0 Å². The molecule has 0 aliphatic heterocycles. The minimum Gasteiger partial charge on any atom is -0.468 e. The van der Waals surface area contributed by atoms with Crippen LogP contribution in [0.4, 0.5) is 0 Å². The van der Waals surface area contributed by atoms with Crippen LogP contribution in [-0.4, -0.2) is 40.4 Å². The third-order valence-corrected chi connectivity index (χ3v) is 2.89. The normalized spacial score (nSPS) is 12.4. The number of aromatic nitrogens is 2. The average molecular weight is 229 g/mol. The Hall–Kier alpha value is -1.01. The molecule has 1 heterocycles. The van der Waals surface area contributed by atoms with E-state index in [2.05, 4.69) is 9.84 Å². The Kier molecular flexibility index (Phi) is 5.20. The monoisotopic (exact) mass is 229 g/mol. The maximum atomic E-state index is 11.0. The molecule has 1 unspecified atom stereocenters. The SMILES string of the molecule is COC(=O)C(N)CSCCn1cccn1. The number of hydrogen-bond acceptors (Lipinski definition) is 5. The van der Waals surface area contributed by atoms with E-state index < -0.39 is 6.04 Å². The second kappa shape index (κ2) is 6.47. The van der Waals surface area contributed by atoms with E-state index in [1.54, 1.807) is 18.0 Å². The third-order valence-electron chi connectivity index (χ3n) is 1.83. The maximum Gasteiger partial charge on any atom is 0.323 e. The van der Waals surface area contributed by atoms with Crippen LogP contribution in [0.3, 0.4) is 0 Å². The Labute approximate surface area is 93.0 Å². The van der Waals surface area contributed by atoms with Crippen LogP contribution in [0.1, 0.15) is 0 Å². The van der Waals surface area contributed by atoms with Crippen LogP contribution < -0.4 is 5.73 Å². The third kappa shape index (κ3) is 4.35. The number of ether oxygens (including phenoxy) is 1. The molecule has 0 saturated heterocycles. The van der Waals surface area contributed by atoms with Crippen LogP contribution in [0.25, 0.3) is 0 Å². The van der Waals surface area contributed by atoms with E-state index >= 15 is 0 Å². The standard InChI is InChI=1S/C9H15N3O2S/c1-14-9(13)8(10)7-15-6-5-12-4-2-3-11-12/h2-4,8H,5-7,10H2,1H3. The molecule has 0 aliphatic carbocycles. The zero-order valence-electron chi connectivity index (χ0n) is 8.63. The fourth-order valence-corrected chi connectivity index (χ4v) is 1.89.